The molecule has 122 valence electrons. The summed E-state index contributed by atoms with van der Waals surface area (Å²) < 4.78 is 30.0. The Hall–Kier alpha value is -0.720. The van der Waals surface area contributed by atoms with Crippen LogP contribution < -0.4 is 0 Å². The van der Waals surface area contributed by atoms with Crippen molar-refractivity contribution >= 4 is 32.3 Å². The molecule has 1 atom stereocenters. The summed E-state index contributed by atoms with van der Waals surface area (Å²) >= 11 is 3.26. The SMILES string of the molecule is O=CC(CCOS(=O)(=O)c1ccc(Br)cc1)C1CCCCC1. The molecule has 0 aliphatic heterocycles. The normalized spacial score (nSPS) is 18.0. The van der Waals surface area contributed by atoms with Crippen molar-refractivity contribution in [3.05, 3.63) is 28.7 Å². The second-order valence-corrected chi connectivity index (χ2v) is 8.25. The molecule has 1 fully saturated rings. The predicted octanol–water partition coefficient (Wildman–Crippen LogP) is 3.94. The van der Waals surface area contributed by atoms with E-state index in [0.29, 0.717) is 12.3 Å². The van der Waals surface area contributed by atoms with Crippen LogP contribution in [0.3, 0.4) is 0 Å². The van der Waals surface area contributed by atoms with E-state index in [0.717, 1.165) is 36.4 Å². The average Bonchev–Trinajstić information content (AvgIpc) is 2.53. The number of hydrogen-bond acceptors (Lipinski definition) is 4. The molecule has 1 aromatic carbocycles. The molecule has 4 nitrogen and oxygen atoms in total. The Kier molecular flexibility index (Phi) is 6.59. The predicted molar refractivity (Wildman–Crippen MR) is 88.0 cm³/mol. The summed E-state index contributed by atoms with van der Waals surface area (Å²) in [6.07, 6.45) is 7.10. The first-order valence-electron chi connectivity index (χ1n) is 7.63. The molecule has 0 aromatic heterocycles. The first-order valence-corrected chi connectivity index (χ1v) is 9.83. The number of rotatable bonds is 7. The van der Waals surface area contributed by atoms with Crippen LogP contribution in [0.4, 0.5) is 0 Å². The van der Waals surface area contributed by atoms with E-state index in [2.05, 4.69) is 15.9 Å². The lowest BCUT2D eigenvalue weighted by Gasteiger charge is -2.26. The maximum absolute atomic E-state index is 12.1. The molecule has 1 aliphatic carbocycles. The van der Waals surface area contributed by atoms with Gasteiger partial charge in [0.25, 0.3) is 10.1 Å². The molecule has 0 bridgehead atoms. The summed E-state index contributed by atoms with van der Waals surface area (Å²) in [6, 6.07) is 6.31. The summed E-state index contributed by atoms with van der Waals surface area (Å²) in [6.45, 7) is 0.0539. The minimum absolute atomic E-state index is 0.0539. The van der Waals surface area contributed by atoms with Gasteiger partial charge in [0.05, 0.1) is 11.5 Å². The quantitative estimate of drug-likeness (QED) is 0.524. The van der Waals surface area contributed by atoms with Crippen molar-refractivity contribution in [3.8, 4) is 0 Å². The van der Waals surface area contributed by atoms with E-state index in [-0.39, 0.29) is 17.4 Å². The third-order valence-electron chi connectivity index (χ3n) is 4.22. The maximum Gasteiger partial charge on any atom is 0.296 e. The van der Waals surface area contributed by atoms with Gasteiger partial charge >= 0.3 is 0 Å². The second-order valence-electron chi connectivity index (χ2n) is 5.72. The van der Waals surface area contributed by atoms with Crippen LogP contribution in [0.25, 0.3) is 0 Å². The Morgan fingerprint density at radius 1 is 1.18 bits per heavy atom. The monoisotopic (exact) mass is 388 g/mol. The smallest absolute Gasteiger partial charge is 0.296 e. The van der Waals surface area contributed by atoms with Gasteiger partial charge in [0, 0.05) is 10.4 Å². The molecule has 0 amide bonds. The molecule has 0 radical (unpaired) electrons. The van der Waals surface area contributed by atoms with Gasteiger partial charge in [-0.2, -0.15) is 8.42 Å². The Bertz CT molecular complexity index is 577. The molecule has 0 heterocycles. The third kappa shape index (κ3) is 4.89. The summed E-state index contributed by atoms with van der Waals surface area (Å²) in [4.78, 5) is 11.4. The summed E-state index contributed by atoms with van der Waals surface area (Å²) in [5, 5.41) is 0. The van der Waals surface area contributed by atoms with E-state index in [1.54, 1.807) is 12.1 Å². The number of hydrogen-bond donors (Lipinski definition) is 0. The summed E-state index contributed by atoms with van der Waals surface area (Å²) in [7, 11) is -3.75. The molecule has 1 unspecified atom stereocenters. The number of carbonyl (C=O) groups excluding carboxylic acids is 1. The van der Waals surface area contributed by atoms with Crippen molar-refractivity contribution < 1.29 is 17.4 Å². The van der Waals surface area contributed by atoms with E-state index in [1.165, 1.54) is 18.6 Å². The highest BCUT2D eigenvalue weighted by molar-refractivity contribution is 9.10. The molecular formula is C16H21BrO4S. The van der Waals surface area contributed by atoms with Crippen LogP contribution in [0.15, 0.2) is 33.6 Å². The van der Waals surface area contributed by atoms with Crippen molar-refractivity contribution in [2.75, 3.05) is 6.61 Å². The van der Waals surface area contributed by atoms with Gasteiger partial charge in [0.2, 0.25) is 0 Å². The molecule has 1 aliphatic rings. The van der Waals surface area contributed by atoms with Gasteiger partial charge in [0.1, 0.15) is 6.29 Å². The lowest BCUT2D eigenvalue weighted by molar-refractivity contribution is -0.113. The average molecular weight is 389 g/mol. The van der Waals surface area contributed by atoms with E-state index < -0.39 is 10.1 Å². The number of benzene rings is 1. The largest absolute Gasteiger partial charge is 0.303 e. The Labute approximate surface area is 140 Å². The van der Waals surface area contributed by atoms with Crippen LogP contribution in [0.2, 0.25) is 0 Å². The van der Waals surface area contributed by atoms with Gasteiger partial charge in [-0.3, -0.25) is 4.18 Å². The highest BCUT2D eigenvalue weighted by Gasteiger charge is 2.24. The Morgan fingerprint density at radius 3 is 2.41 bits per heavy atom. The van der Waals surface area contributed by atoms with Gasteiger partial charge in [-0.1, -0.05) is 35.2 Å². The van der Waals surface area contributed by atoms with Gasteiger partial charge in [-0.25, -0.2) is 0 Å². The summed E-state index contributed by atoms with van der Waals surface area (Å²) in [5.74, 6) is 0.283. The standard InChI is InChI=1S/C16H21BrO4S/c17-15-6-8-16(9-7-15)22(19,20)21-11-10-14(12-18)13-4-2-1-3-5-13/h6-9,12-14H,1-5,10-11H2. The zero-order valence-corrected chi connectivity index (χ0v) is 14.8. The fourth-order valence-corrected chi connectivity index (χ4v) is 4.13. The van der Waals surface area contributed by atoms with Crippen molar-refractivity contribution in [3.63, 3.8) is 0 Å². The molecule has 0 spiro atoms. The van der Waals surface area contributed by atoms with E-state index >= 15 is 0 Å². The first-order chi connectivity index (χ1) is 10.5. The van der Waals surface area contributed by atoms with Crippen molar-refractivity contribution in [2.45, 2.75) is 43.4 Å². The van der Waals surface area contributed by atoms with Crippen LogP contribution in [0, 0.1) is 11.8 Å². The first kappa shape index (κ1) is 17.6. The number of carbonyl (C=O) groups is 1. The van der Waals surface area contributed by atoms with E-state index in [1.807, 2.05) is 0 Å². The molecule has 6 heteroatoms. The Morgan fingerprint density at radius 2 is 1.82 bits per heavy atom. The van der Waals surface area contributed by atoms with Crippen molar-refractivity contribution in [2.24, 2.45) is 11.8 Å². The second kappa shape index (κ2) is 8.22. The molecule has 1 aromatic rings. The van der Waals surface area contributed by atoms with Gasteiger partial charge < -0.3 is 4.79 Å². The minimum Gasteiger partial charge on any atom is -0.303 e. The van der Waals surface area contributed by atoms with Crippen LogP contribution in [-0.4, -0.2) is 21.3 Å². The number of aldehydes is 1. The van der Waals surface area contributed by atoms with Gasteiger partial charge in [0.15, 0.2) is 0 Å². The van der Waals surface area contributed by atoms with Crippen LogP contribution in [0.1, 0.15) is 38.5 Å². The molecule has 22 heavy (non-hydrogen) atoms. The third-order valence-corrected chi connectivity index (χ3v) is 6.08. The fourth-order valence-electron chi connectivity index (χ4n) is 2.94. The lowest BCUT2D eigenvalue weighted by atomic mass is 9.79. The molecular weight excluding hydrogens is 368 g/mol. The Balaban J connectivity index is 1.88. The fraction of sp³-hybridized carbons (Fsp3) is 0.562. The van der Waals surface area contributed by atoms with Crippen LogP contribution in [-0.2, 0) is 19.1 Å². The highest BCUT2D eigenvalue weighted by Crippen LogP contribution is 2.31. The van der Waals surface area contributed by atoms with Crippen LogP contribution >= 0.6 is 15.9 Å². The lowest BCUT2D eigenvalue weighted by Crippen LogP contribution is -2.21. The molecule has 0 N–H and O–H groups in total. The van der Waals surface area contributed by atoms with Crippen molar-refractivity contribution in [1.82, 2.24) is 0 Å². The van der Waals surface area contributed by atoms with Crippen LogP contribution in [0.5, 0.6) is 0 Å². The summed E-state index contributed by atoms with van der Waals surface area (Å²) in [5.41, 5.74) is 0. The van der Waals surface area contributed by atoms with E-state index in [4.69, 9.17) is 4.18 Å². The molecule has 1 saturated carbocycles. The molecule has 0 saturated heterocycles. The topological polar surface area (TPSA) is 60.4 Å². The van der Waals surface area contributed by atoms with Gasteiger partial charge in [-0.15, -0.1) is 0 Å². The highest BCUT2D eigenvalue weighted by atomic mass is 79.9. The zero-order chi connectivity index (χ0) is 16.0. The zero-order valence-electron chi connectivity index (χ0n) is 12.4. The number of halogens is 1. The minimum atomic E-state index is -3.75. The van der Waals surface area contributed by atoms with Crippen molar-refractivity contribution in [1.29, 1.82) is 0 Å². The van der Waals surface area contributed by atoms with Gasteiger partial charge in [-0.05, 0) is 49.4 Å². The molecule has 2 rings (SSSR count). The maximum atomic E-state index is 12.1. The van der Waals surface area contributed by atoms with E-state index in [9.17, 15) is 13.2 Å².